The number of nitrogens with zero attached hydrogens (tertiary/aromatic N) is 1. The van der Waals surface area contributed by atoms with Gasteiger partial charge in [0.25, 0.3) is 5.91 Å². The number of amides is 2. The molecule has 0 saturated carbocycles. The Morgan fingerprint density at radius 3 is 2.72 bits per heavy atom. The first-order valence-corrected chi connectivity index (χ1v) is 8.80. The largest absolute Gasteiger partial charge is 0.493 e. The van der Waals surface area contributed by atoms with Crippen molar-refractivity contribution >= 4 is 23.4 Å². The maximum absolute atomic E-state index is 12.8. The van der Waals surface area contributed by atoms with E-state index in [4.69, 9.17) is 26.8 Å². The number of piperidine rings is 1. The van der Waals surface area contributed by atoms with E-state index in [1.807, 2.05) is 13.8 Å². The van der Waals surface area contributed by atoms with Crippen molar-refractivity contribution in [2.24, 2.45) is 17.6 Å². The van der Waals surface area contributed by atoms with Crippen LogP contribution in [0, 0.1) is 11.8 Å². The van der Waals surface area contributed by atoms with Crippen LogP contribution in [-0.4, -0.2) is 43.5 Å². The van der Waals surface area contributed by atoms with Crippen molar-refractivity contribution in [3.63, 3.8) is 0 Å². The summed E-state index contributed by atoms with van der Waals surface area (Å²) in [6, 6.07) is 3.20. The molecule has 0 aliphatic carbocycles. The number of primary amides is 1. The second kappa shape index (κ2) is 8.43. The Morgan fingerprint density at radius 1 is 1.40 bits per heavy atom. The van der Waals surface area contributed by atoms with E-state index in [1.165, 1.54) is 7.11 Å². The minimum Gasteiger partial charge on any atom is -0.493 e. The van der Waals surface area contributed by atoms with Gasteiger partial charge in [0.15, 0.2) is 11.5 Å². The first kappa shape index (κ1) is 19.4. The number of methoxy groups -OCH3 is 1. The molecule has 1 saturated heterocycles. The number of carbonyl (C=O) groups excluding carboxylic acids is 2. The van der Waals surface area contributed by atoms with Crippen LogP contribution in [0.4, 0.5) is 0 Å². The standard InChI is InChI=1S/C18H25ClN2O4/c1-11(2)10-25-16-14(19)7-13(8-15(16)24-3)18(23)21-6-4-5-12(9-21)17(20)22/h7-8,11-12H,4-6,9-10H2,1-3H3,(H2,20,22). The number of carbonyl (C=O) groups is 2. The number of benzene rings is 1. The topological polar surface area (TPSA) is 81.9 Å². The summed E-state index contributed by atoms with van der Waals surface area (Å²) in [4.78, 5) is 25.8. The molecule has 1 aromatic rings. The predicted octanol–water partition coefficient (Wildman–Crippen LogP) is 2.72. The van der Waals surface area contributed by atoms with E-state index < -0.39 is 0 Å². The Kier molecular flexibility index (Phi) is 6.53. The first-order chi connectivity index (χ1) is 11.8. The molecule has 1 heterocycles. The van der Waals surface area contributed by atoms with Gasteiger partial charge in [-0.1, -0.05) is 25.4 Å². The average molecular weight is 369 g/mol. The summed E-state index contributed by atoms with van der Waals surface area (Å²) < 4.78 is 11.0. The van der Waals surface area contributed by atoms with Gasteiger partial charge < -0.3 is 20.1 Å². The number of hydrogen-bond donors (Lipinski definition) is 1. The monoisotopic (exact) mass is 368 g/mol. The van der Waals surface area contributed by atoms with Gasteiger partial charge in [0.05, 0.1) is 24.7 Å². The van der Waals surface area contributed by atoms with Crippen LogP contribution in [-0.2, 0) is 4.79 Å². The highest BCUT2D eigenvalue weighted by Crippen LogP contribution is 2.37. The van der Waals surface area contributed by atoms with Gasteiger partial charge in [-0.3, -0.25) is 9.59 Å². The highest BCUT2D eigenvalue weighted by molar-refractivity contribution is 6.32. The van der Waals surface area contributed by atoms with Crippen LogP contribution < -0.4 is 15.2 Å². The number of nitrogens with two attached hydrogens (primary N) is 1. The lowest BCUT2D eigenvalue weighted by Crippen LogP contribution is -2.44. The van der Waals surface area contributed by atoms with E-state index in [0.29, 0.717) is 54.1 Å². The Balaban J connectivity index is 2.22. The fraction of sp³-hybridized carbons (Fsp3) is 0.556. The minimum absolute atomic E-state index is 0.193. The fourth-order valence-electron chi connectivity index (χ4n) is 2.81. The van der Waals surface area contributed by atoms with Gasteiger partial charge >= 0.3 is 0 Å². The summed E-state index contributed by atoms with van der Waals surface area (Å²) in [6.45, 7) is 5.48. The van der Waals surface area contributed by atoms with Gasteiger partial charge in [-0.05, 0) is 30.9 Å². The maximum atomic E-state index is 12.8. The zero-order valence-electron chi connectivity index (χ0n) is 14.9. The molecule has 2 N–H and O–H groups in total. The lowest BCUT2D eigenvalue weighted by Gasteiger charge is -2.31. The van der Waals surface area contributed by atoms with Gasteiger partial charge in [0.2, 0.25) is 5.91 Å². The summed E-state index contributed by atoms with van der Waals surface area (Å²) in [7, 11) is 1.51. The smallest absolute Gasteiger partial charge is 0.254 e. The second-order valence-electron chi connectivity index (χ2n) is 6.69. The molecule has 0 aromatic heterocycles. The van der Waals surface area contributed by atoms with Gasteiger partial charge in [-0.2, -0.15) is 0 Å². The molecule has 138 valence electrons. The summed E-state index contributed by atoms with van der Waals surface area (Å²) in [5.74, 6) is 0.319. The molecule has 0 bridgehead atoms. The molecule has 2 rings (SSSR count). The molecule has 1 aliphatic rings. The molecule has 0 radical (unpaired) electrons. The Hall–Kier alpha value is -1.95. The molecule has 1 aliphatic heterocycles. The number of halogens is 1. The fourth-order valence-corrected chi connectivity index (χ4v) is 3.08. The lowest BCUT2D eigenvalue weighted by atomic mass is 9.97. The van der Waals surface area contributed by atoms with E-state index in [9.17, 15) is 9.59 Å². The molecule has 7 heteroatoms. The van der Waals surface area contributed by atoms with E-state index in [0.717, 1.165) is 6.42 Å². The van der Waals surface area contributed by atoms with Crippen LogP contribution in [0.15, 0.2) is 12.1 Å². The van der Waals surface area contributed by atoms with Crippen LogP contribution in [0.1, 0.15) is 37.0 Å². The van der Waals surface area contributed by atoms with Crippen LogP contribution >= 0.6 is 11.6 Å². The SMILES string of the molecule is COc1cc(C(=O)N2CCCC(C(N)=O)C2)cc(Cl)c1OCC(C)C. The van der Waals surface area contributed by atoms with E-state index in [2.05, 4.69) is 0 Å². The van der Waals surface area contributed by atoms with Crippen molar-refractivity contribution in [3.05, 3.63) is 22.7 Å². The third-order valence-corrected chi connectivity index (χ3v) is 4.43. The number of rotatable bonds is 6. The lowest BCUT2D eigenvalue weighted by molar-refractivity contribution is -0.123. The third-order valence-electron chi connectivity index (χ3n) is 4.15. The quantitative estimate of drug-likeness (QED) is 0.836. The number of hydrogen-bond acceptors (Lipinski definition) is 4. The molecule has 6 nitrogen and oxygen atoms in total. The van der Waals surface area contributed by atoms with Gasteiger partial charge in [-0.15, -0.1) is 0 Å². The highest BCUT2D eigenvalue weighted by atomic mass is 35.5. The molecule has 1 aromatic carbocycles. The zero-order chi connectivity index (χ0) is 18.6. The first-order valence-electron chi connectivity index (χ1n) is 8.42. The Labute approximate surface area is 153 Å². The zero-order valence-corrected chi connectivity index (χ0v) is 15.6. The summed E-state index contributed by atoms with van der Waals surface area (Å²) in [5, 5.41) is 0.326. The van der Waals surface area contributed by atoms with E-state index in [1.54, 1.807) is 17.0 Å². The normalized spacial score (nSPS) is 17.5. The average Bonchev–Trinajstić information content (AvgIpc) is 2.59. The van der Waals surface area contributed by atoms with Gasteiger partial charge in [0, 0.05) is 18.7 Å². The second-order valence-corrected chi connectivity index (χ2v) is 7.09. The molecule has 0 spiro atoms. The molecule has 2 amide bonds. The van der Waals surface area contributed by atoms with Gasteiger partial charge in [-0.25, -0.2) is 0 Å². The molecule has 1 unspecified atom stereocenters. The van der Waals surface area contributed by atoms with Crippen LogP contribution in [0.3, 0.4) is 0 Å². The van der Waals surface area contributed by atoms with Crippen LogP contribution in [0.2, 0.25) is 5.02 Å². The van der Waals surface area contributed by atoms with E-state index >= 15 is 0 Å². The van der Waals surface area contributed by atoms with Crippen LogP contribution in [0.5, 0.6) is 11.5 Å². The van der Waals surface area contributed by atoms with Crippen molar-refractivity contribution in [1.82, 2.24) is 4.90 Å². The van der Waals surface area contributed by atoms with Crippen molar-refractivity contribution in [2.45, 2.75) is 26.7 Å². The highest BCUT2D eigenvalue weighted by Gasteiger charge is 2.28. The van der Waals surface area contributed by atoms with Crippen molar-refractivity contribution in [2.75, 3.05) is 26.8 Å². The molecule has 1 fully saturated rings. The van der Waals surface area contributed by atoms with Crippen molar-refractivity contribution in [1.29, 1.82) is 0 Å². The molecular weight excluding hydrogens is 344 g/mol. The number of likely N-dealkylation sites (tertiary alicyclic amines) is 1. The van der Waals surface area contributed by atoms with E-state index in [-0.39, 0.29) is 17.7 Å². The minimum atomic E-state index is -0.370. The van der Waals surface area contributed by atoms with Crippen LogP contribution in [0.25, 0.3) is 0 Å². The predicted molar refractivity (Wildman–Crippen MR) is 96.2 cm³/mol. The Morgan fingerprint density at radius 2 is 2.12 bits per heavy atom. The maximum Gasteiger partial charge on any atom is 0.254 e. The van der Waals surface area contributed by atoms with Crippen molar-refractivity contribution < 1.29 is 19.1 Å². The third kappa shape index (κ3) is 4.78. The van der Waals surface area contributed by atoms with Crippen molar-refractivity contribution in [3.8, 4) is 11.5 Å². The molecular formula is C18H25ClN2O4. The molecule has 25 heavy (non-hydrogen) atoms. The number of ether oxygens (including phenoxy) is 2. The summed E-state index contributed by atoms with van der Waals surface area (Å²) >= 11 is 6.31. The van der Waals surface area contributed by atoms with Gasteiger partial charge in [0.1, 0.15) is 0 Å². The summed E-state index contributed by atoms with van der Waals surface area (Å²) in [6.07, 6.45) is 1.46. The summed E-state index contributed by atoms with van der Waals surface area (Å²) in [5.41, 5.74) is 5.79. The Bertz CT molecular complexity index is 648. The molecule has 1 atom stereocenters.